The van der Waals surface area contributed by atoms with Gasteiger partial charge in [0, 0.05) is 10.9 Å². The fourth-order valence-electron chi connectivity index (χ4n) is 3.38. The van der Waals surface area contributed by atoms with Crippen LogP contribution in [0.1, 0.15) is 24.8 Å². The summed E-state index contributed by atoms with van der Waals surface area (Å²) >= 11 is 1.45. The third-order valence-electron chi connectivity index (χ3n) is 4.95. The number of benzene rings is 3. The van der Waals surface area contributed by atoms with Crippen molar-refractivity contribution in [1.82, 2.24) is 4.98 Å². The zero-order valence-electron chi connectivity index (χ0n) is 16.2. The summed E-state index contributed by atoms with van der Waals surface area (Å²) < 4.78 is 0. The van der Waals surface area contributed by atoms with Gasteiger partial charge in [-0.3, -0.25) is 4.79 Å². The second-order valence-electron chi connectivity index (χ2n) is 6.84. The molecule has 29 heavy (non-hydrogen) atoms. The van der Waals surface area contributed by atoms with Crippen LogP contribution >= 0.6 is 11.3 Å². The number of thiazole rings is 1. The molecule has 4 heteroatoms. The van der Waals surface area contributed by atoms with Gasteiger partial charge in [-0.25, -0.2) is 4.98 Å². The summed E-state index contributed by atoms with van der Waals surface area (Å²) in [4.78, 5) is 17.4. The molecule has 0 fully saturated rings. The van der Waals surface area contributed by atoms with Gasteiger partial charge in [0.05, 0.1) is 11.6 Å². The van der Waals surface area contributed by atoms with E-state index < -0.39 is 0 Å². The third-order valence-corrected chi connectivity index (χ3v) is 5.71. The third kappa shape index (κ3) is 4.44. The van der Waals surface area contributed by atoms with Crippen LogP contribution in [0.5, 0.6) is 0 Å². The maximum atomic E-state index is 12.7. The molecule has 4 aromatic rings. The second kappa shape index (κ2) is 8.84. The number of hydrogen-bond acceptors (Lipinski definition) is 3. The van der Waals surface area contributed by atoms with E-state index in [2.05, 4.69) is 46.7 Å². The van der Waals surface area contributed by atoms with Gasteiger partial charge in [-0.15, -0.1) is 11.3 Å². The van der Waals surface area contributed by atoms with Crippen LogP contribution < -0.4 is 5.32 Å². The van der Waals surface area contributed by atoms with E-state index in [-0.39, 0.29) is 11.8 Å². The predicted octanol–water partition coefficient (Wildman–Crippen LogP) is 6.61. The Bertz CT molecular complexity index is 1070. The molecule has 4 rings (SSSR count). The van der Waals surface area contributed by atoms with Crippen molar-refractivity contribution in [1.29, 1.82) is 0 Å². The van der Waals surface area contributed by atoms with Gasteiger partial charge in [0.1, 0.15) is 0 Å². The molecule has 0 radical (unpaired) electrons. The molecule has 0 spiro atoms. The molecular weight excluding hydrogens is 376 g/mol. The molecule has 0 unspecified atom stereocenters. The zero-order chi connectivity index (χ0) is 20.1. The summed E-state index contributed by atoms with van der Waals surface area (Å²) in [5.74, 6) is -0.187. The minimum Gasteiger partial charge on any atom is -0.301 e. The molecule has 3 nitrogen and oxygen atoms in total. The van der Waals surface area contributed by atoms with Crippen molar-refractivity contribution in [3.8, 4) is 22.4 Å². The lowest BCUT2D eigenvalue weighted by Gasteiger charge is -2.14. The molecule has 0 saturated carbocycles. The van der Waals surface area contributed by atoms with Crippen molar-refractivity contribution in [2.45, 2.75) is 19.3 Å². The molecule has 1 amide bonds. The maximum Gasteiger partial charge on any atom is 0.233 e. The molecule has 0 aliphatic heterocycles. The van der Waals surface area contributed by atoms with E-state index in [0.29, 0.717) is 5.13 Å². The Hall–Kier alpha value is -3.24. The number of nitrogens with zero attached hydrogens (tertiary/aromatic N) is 1. The first-order valence-electron chi connectivity index (χ1n) is 9.72. The van der Waals surface area contributed by atoms with E-state index in [1.165, 1.54) is 22.5 Å². The van der Waals surface area contributed by atoms with Crippen molar-refractivity contribution in [3.63, 3.8) is 0 Å². The highest BCUT2D eigenvalue weighted by Crippen LogP contribution is 2.29. The standard InChI is InChI=1S/C25H22N2OS/c1-2-22(20-11-7-4-8-12-20)24(28)27-25-26-23(17-29-25)21-15-13-19(14-16-21)18-9-5-3-6-10-18/h3-17,22H,2H2,1H3,(H,26,27,28)/t22-/m0/s1. The molecule has 144 valence electrons. The Morgan fingerprint density at radius 2 is 1.45 bits per heavy atom. The minimum atomic E-state index is -0.172. The van der Waals surface area contributed by atoms with E-state index >= 15 is 0 Å². The number of carbonyl (C=O) groups excluding carboxylic acids is 1. The summed E-state index contributed by atoms with van der Waals surface area (Å²) in [5.41, 5.74) is 5.30. The van der Waals surface area contributed by atoms with Crippen molar-refractivity contribution in [2.24, 2.45) is 0 Å². The fourth-order valence-corrected chi connectivity index (χ4v) is 4.10. The predicted molar refractivity (Wildman–Crippen MR) is 121 cm³/mol. The van der Waals surface area contributed by atoms with Crippen molar-refractivity contribution in [2.75, 3.05) is 5.32 Å². The average Bonchev–Trinajstić information content (AvgIpc) is 3.24. The van der Waals surface area contributed by atoms with Crippen molar-refractivity contribution >= 4 is 22.4 Å². The topological polar surface area (TPSA) is 42.0 Å². The van der Waals surface area contributed by atoms with Gasteiger partial charge in [0.25, 0.3) is 0 Å². The molecule has 1 aromatic heterocycles. The van der Waals surface area contributed by atoms with Crippen LogP contribution in [0.4, 0.5) is 5.13 Å². The number of carbonyl (C=O) groups is 1. The quantitative estimate of drug-likeness (QED) is 0.397. The van der Waals surface area contributed by atoms with Crippen LogP contribution in [0.15, 0.2) is 90.3 Å². The van der Waals surface area contributed by atoms with Gasteiger partial charge in [-0.2, -0.15) is 0 Å². The van der Waals surface area contributed by atoms with Crippen LogP contribution in [0, 0.1) is 0 Å². The number of aromatic nitrogens is 1. The van der Waals surface area contributed by atoms with Crippen LogP contribution in [-0.2, 0) is 4.79 Å². The first-order valence-corrected chi connectivity index (χ1v) is 10.6. The highest BCUT2D eigenvalue weighted by Gasteiger charge is 2.19. The smallest absolute Gasteiger partial charge is 0.233 e. The van der Waals surface area contributed by atoms with Crippen LogP contribution in [0.2, 0.25) is 0 Å². The number of rotatable bonds is 6. The largest absolute Gasteiger partial charge is 0.301 e. The van der Waals surface area contributed by atoms with Gasteiger partial charge in [0.15, 0.2) is 5.13 Å². The molecular formula is C25H22N2OS. The maximum absolute atomic E-state index is 12.7. The fraction of sp³-hybridized carbons (Fsp3) is 0.120. The normalized spacial score (nSPS) is 11.8. The van der Waals surface area contributed by atoms with Crippen LogP contribution in [0.3, 0.4) is 0 Å². The summed E-state index contributed by atoms with van der Waals surface area (Å²) in [6.45, 7) is 2.03. The van der Waals surface area contributed by atoms with Gasteiger partial charge >= 0.3 is 0 Å². The monoisotopic (exact) mass is 398 g/mol. The summed E-state index contributed by atoms with van der Waals surface area (Å²) in [7, 11) is 0. The lowest BCUT2D eigenvalue weighted by molar-refractivity contribution is -0.117. The second-order valence-corrected chi connectivity index (χ2v) is 7.70. The highest BCUT2D eigenvalue weighted by molar-refractivity contribution is 7.14. The summed E-state index contributed by atoms with van der Waals surface area (Å²) in [5, 5.41) is 5.60. The molecule has 3 aromatic carbocycles. The molecule has 1 atom stereocenters. The highest BCUT2D eigenvalue weighted by atomic mass is 32.1. The van der Waals surface area contributed by atoms with Gasteiger partial charge < -0.3 is 5.32 Å². The van der Waals surface area contributed by atoms with Gasteiger partial charge in [0.2, 0.25) is 5.91 Å². The first-order chi connectivity index (χ1) is 14.2. The Morgan fingerprint density at radius 1 is 0.862 bits per heavy atom. The summed E-state index contributed by atoms with van der Waals surface area (Å²) in [6, 6.07) is 28.5. The van der Waals surface area contributed by atoms with Crippen LogP contribution in [0.25, 0.3) is 22.4 Å². The number of amides is 1. The SMILES string of the molecule is CC[C@H](C(=O)Nc1nc(-c2ccc(-c3ccccc3)cc2)cs1)c1ccccc1. The van der Waals surface area contributed by atoms with Crippen LogP contribution in [-0.4, -0.2) is 10.9 Å². The minimum absolute atomic E-state index is 0.0148. The lowest BCUT2D eigenvalue weighted by Crippen LogP contribution is -2.20. The molecule has 0 aliphatic rings. The van der Waals surface area contributed by atoms with E-state index in [1.54, 1.807) is 0 Å². The molecule has 1 N–H and O–H groups in total. The molecule has 0 saturated heterocycles. The van der Waals surface area contributed by atoms with Gasteiger partial charge in [-0.05, 0) is 23.1 Å². The van der Waals surface area contributed by atoms with E-state index in [1.807, 2.05) is 60.8 Å². The number of anilines is 1. The number of nitrogens with one attached hydrogen (secondary N) is 1. The number of hydrogen-bond donors (Lipinski definition) is 1. The zero-order valence-corrected chi connectivity index (χ0v) is 17.0. The van der Waals surface area contributed by atoms with E-state index in [9.17, 15) is 4.79 Å². The lowest BCUT2D eigenvalue weighted by atomic mass is 9.96. The molecule has 1 heterocycles. The van der Waals surface area contributed by atoms with Gasteiger partial charge in [-0.1, -0.05) is 91.9 Å². The van der Waals surface area contributed by atoms with E-state index in [4.69, 9.17) is 0 Å². The Balaban J connectivity index is 1.47. The Labute approximate surface area is 175 Å². The Kier molecular flexibility index (Phi) is 5.82. The molecule has 0 bridgehead atoms. The summed E-state index contributed by atoms with van der Waals surface area (Å²) in [6.07, 6.45) is 0.745. The Morgan fingerprint density at radius 3 is 2.10 bits per heavy atom. The van der Waals surface area contributed by atoms with Crippen molar-refractivity contribution < 1.29 is 4.79 Å². The van der Waals surface area contributed by atoms with Crippen molar-refractivity contribution in [3.05, 3.63) is 95.9 Å². The van der Waals surface area contributed by atoms with E-state index in [0.717, 1.165) is 23.2 Å². The first kappa shape index (κ1) is 19.1. The average molecular weight is 399 g/mol. The molecule has 0 aliphatic carbocycles.